The molecule has 3 unspecified atom stereocenters. The van der Waals surface area contributed by atoms with Crippen LogP contribution in [0, 0.1) is 6.92 Å². The molecule has 0 spiro atoms. The van der Waals surface area contributed by atoms with Crippen LogP contribution in [0.5, 0.6) is 0 Å². The van der Waals surface area contributed by atoms with Crippen LogP contribution >= 0.6 is 0 Å². The van der Waals surface area contributed by atoms with Gasteiger partial charge in [0, 0.05) is 12.1 Å². The molecule has 0 aliphatic carbocycles. The first kappa shape index (κ1) is 18.2. The molecule has 3 atom stereocenters. The van der Waals surface area contributed by atoms with Gasteiger partial charge in [-0.15, -0.1) is 0 Å². The maximum Gasteiger partial charge on any atom is 0.0504 e. The van der Waals surface area contributed by atoms with Crippen molar-refractivity contribution in [2.24, 2.45) is 5.73 Å². The summed E-state index contributed by atoms with van der Waals surface area (Å²) in [7, 11) is 0. The fraction of sp³-hybridized carbons (Fsp3) is 0.684. The van der Waals surface area contributed by atoms with E-state index in [0.717, 1.165) is 13.0 Å². The number of aryl methyl sites for hydroxylation is 1. The zero-order valence-electron chi connectivity index (χ0n) is 14.6. The fourth-order valence-corrected chi connectivity index (χ4v) is 3.01. The molecular weight excluding hydrogens is 256 g/mol. The molecule has 0 heterocycles. The number of rotatable bonds is 9. The Bertz CT molecular complexity index is 402. The summed E-state index contributed by atoms with van der Waals surface area (Å²) in [6.45, 7) is 12.4. The van der Waals surface area contributed by atoms with Crippen LogP contribution in [-0.2, 0) is 0 Å². The third kappa shape index (κ3) is 4.82. The molecule has 0 fully saturated rings. The lowest BCUT2D eigenvalue weighted by Crippen LogP contribution is -2.45. The zero-order valence-corrected chi connectivity index (χ0v) is 14.6. The molecule has 1 aromatic rings. The van der Waals surface area contributed by atoms with Crippen molar-refractivity contribution in [3.63, 3.8) is 0 Å². The molecule has 0 aliphatic heterocycles. The van der Waals surface area contributed by atoms with Gasteiger partial charge in [0.2, 0.25) is 0 Å². The summed E-state index contributed by atoms with van der Waals surface area (Å²) >= 11 is 0. The van der Waals surface area contributed by atoms with E-state index in [1.807, 2.05) is 0 Å². The van der Waals surface area contributed by atoms with E-state index < -0.39 is 0 Å². The van der Waals surface area contributed by atoms with Crippen LogP contribution < -0.4 is 5.73 Å². The summed E-state index contributed by atoms with van der Waals surface area (Å²) in [6, 6.07) is 9.82. The highest BCUT2D eigenvalue weighted by molar-refractivity contribution is 5.30. The van der Waals surface area contributed by atoms with Crippen LogP contribution in [0.3, 0.4) is 0 Å². The average Bonchev–Trinajstić information content (AvgIpc) is 2.51. The van der Waals surface area contributed by atoms with Crippen molar-refractivity contribution in [3.8, 4) is 0 Å². The molecule has 0 saturated carbocycles. The van der Waals surface area contributed by atoms with Crippen molar-refractivity contribution in [2.45, 2.75) is 78.4 Å². The van der Waals surface area contributed by atoms with E-state index in [2.05, 4.69) is 63.8 Å². The molecule has 0 bridgehead atoms. The van der Waals surface area contributed by atoms with Crippen LogP contribution in [-0.4, -0.2) is 23.5 Å². The molecule has 1 rings (SSSR count). The maximum absolute atomic E-state index is 6.54. The summed E-state index contributed by atoms with van der Waals surface area (Å²) in [4.78, 5) is 2.64. The Labute approximate surface area is 131 Å². The van der Waals surface area contributed by atoms with Gasteiger partial charge in [0.05, 0.1) is 6.04 Å². The molecule has 0 aromatic heterocycles. The lowest BCUT2D eigenvalue weighted by atomic mass is 9.91. The van der Waals surface area contributed by atoms with E-state index in [0.29, 0.717) is 12.1 Å². The van der Waals surface area contributed by atoms with E-state index in [-0.39, 0.29) is 6.04 Å². The van der Waals surface area contributed by atoms with E-state index in [4.69, 9.17) is 5.73 Å². The van der Waals surface area contributed by atoms with Gasteiger partial charge in [-0.05, 0) is 50.8 Å². The standard InChI is InChI=1S/C19H34N2/c1-6-9-14-21(16(5)7-2)19(18(20)8-3)17-13-11-10-12-15(17)4/h10-13,16,18-19H,6-9,14,20H2,1-5H3. The van der Waals surface area contributed by atoms with Gasteiger partial charge in [-0.25, -0.2) is 0 Å². The fourth-order valence-electron chi connectivity index (χ4n) is 3.01. The summed E-state index contributed by atoms with van der Waals surface area (Å²) in [5, 5.41) is 0. The minimum absolute atomic E-state index is 0.192. The first-order valence-corrected chi connectivity index (χ1v) is 8.63. The summed E-state index contributed by atoms with van der Waals surface area (Å²) < 4.78 is 0. The van der Waals surface area contributed by atoms with E-state index >= 15 is 0 Å². The van der Waals surface area contributed by atoms with Gasteiger partial charge >= 0.3 is 0 Å². The Morgan fingerprint density at radius 1 is 1.10 bits per heavy atom. The van der Waals surface area contributed by atoms with Crippen molar-refractivity contribution >= 4 is 0 Å². The average molecular weight is 290 g/mol. The number of nitrogens with two attached hydrogens (primary N) is 1. The molecule has 2 nitrogen and oxygen atoms in total. The van der Waals surface area contributed by atoms with Gasteiger partial charge in [-0.3, -0.25) is 4.90 Å². The van der Waals surface area contributed by atoms with Crippen molar-refractivity contribution < 1.29 is 0 Å². The highest BCUT2D eigenvalue weighted by atomic mass is 15.2. The SMILES string of the molecule is CCCCN(C(C)CC)C(c1ccccc1C)C(N)CC. The topological polar surface area (TPSA) is 29.3 Å². The second-order valence-corrected chi connectivity index (χ2v) is 6.22. The summed E-state index contributed by atoms with van der Waals surface area (Å²) in [6.07, 6.45) is 4.65. The van der Waals surface area contributed by atoms with E-state index in [9.17, 15) is 0 Å². The summed E-state index contributed by atoms with van der Waals surface area (Å²) in [5.74, 6) is 0. The monoisotopic (exact) mass is 290 g/mol. The molecular formula is C19H34N2. The smallest absolute Gasteiger partial charge is 0.0504 e. The predicted molar refractivity (Wildman–Crippen MR) is 93.6 cm³/mol. The van der Waals surface area contributed by atoms with Crippen LogP contribution in [0.1, 0.15) is 70.5 Å². The quantitative estimate of drug-likeness (QED) is 0.716. The van der Waals surface area contributed by atoms with Gasteiger partial charge < -0.3 is 5.73 Å². The largest absolute Gasteiger partial charge is 0.326 e. The molecule has 21 heavy (non-hydrogen) atoms. The zero-order chi connectivity index (χ0) is 15.8. The third-order valence-electron chi connectivity index (χ3n) is 4.67. The number of benzene rings is 1. The Balaban J connectivity index is 3.16. The van der Waals surface area contributed by atoms with E-state index in [1.165, 1.54) is 30.4 Å². The van der Waals surface area contributed by atoms with Crippen molar-refractivity contribution in [3.05, 3.63) is 35.4 Å². The third-order valence-corrected chi connectivity index (χ3v) is 4.67. The maximum atomic E-state index is 6.54. The highest BCUT2D eigenvalue weighted by Crippen LogP contribution is 2.30. The molecule has 0 saturated heterocycles. The second kappa shape index (κ2) is 9.22. The first-order valence-electron chi connectivity index (χ1n) is 8.63. The predicted octanol–water partition coefficient (Wildman–Crippen LogP) is 4.67. The van der Waals surface area contributed by atoms with Crippen LogP contribution in [0.25, 0.3) is 0 Å². The minimum atomic E-state index is 0.192. The Morgan fingerprint density at radius 3 is 2.29 bits per heavy atom. The molecule has 2 N–H and O–H groups in total. The molecule has 0 amide bonds. The van der Waals surface area contributed by atoms with Crippen molar-refractivity contribution in [2.75, 3.05) is 6.54 Å². The minimum Gasteiger partial charge on any atom is -0.326 e. The molecule has 1 aromatic carbocycles. The molecule has 120 valence electrons. The van der Waals surface area contributed by atoms with Gasteiger partial charge in [0.1, 0.15) is 0 Å². The number of hydrogen-bond acceptors (Lipinski definition) is 2. The Hall–Kier alpha value is -0.860. The number of unbranched alkanes of at least 4 members (excludes halogenated alkanes) is 1. The van der Waals surface area contributed by atoms with Crippen LogP contribution in [0.15, 0.2) is 24.3 Å². The van der Waals surface area contributed by atoms with Crippen LogP contribution in [0.2, 0.25) is 0 Å². The summed E-state index contributed by atoms with van der Waals surface area (Å²) in [5.41, 5.74) is 9.30. The van der Waals surface area contributed by atoms with Gasteiger partial charge in [-0.2, -0.15) is 0 Å². The molecule has 2 heteroatoms. The molecule has 0 radical (unpaired) electrons. The van der Waals surface area contributed by atoms with Gasteiger partial charge in [0.25, 0.3) is 0 Å². The second-order valence-electron chi connectivity index (χ2n) is 6.22. The normalized spacial score (nSPS) is 16.0. The number of nitrogens with zero attached hydrogens (tertiary/aromatic N) is 1. The lowest BCUT2D eigenvalue weighted by Gasteiger charge is -2.40. The van der Waals surface area contributed by atoms with E-state index in [1.54, 1.807) is 0 Å². The van der Waals surface area contributed by atoms with Crippen LogP contribution in [0.4, 0.5) is 0 Å². The Morgan fingerprint density at radius 2 is 1.76 bits per heavy atom. The molecule has 0 aliphatic rings. The first-order chi connectivity index (χ1) is 10.1. The number of hydrogen-bond donors (Lipinski definition) is 1. The van der Waals surface area contributed by atoms with Gasteiger partial charge in [0.15, 0.2) is 0 Å². The van der Waals surface area contributed by atoms with Crippen molar-refractivity contribution in [1.29, 1.82) is 0 Å². The highest BCUT2D eigenvalue weighted by Gasteiger charge is 2.29. The van der Waals surface area contributed by atoms with Crippen molar-refractivity contribution in [1.82, 2.24) is 4.90 Å². The van der Waals surface area contributed by atoms with Gasteiger partial charge in [-0.1, -0.05) is 51.5 Å². The Kier molecular flexibility index (Phi) is 7.98. The lowest BCUT2D eigenvalue weighted by molar-refractivity contribution is 0.115.